The molecule has 0 amide bonds. The topological polar surface area (TPSA) is 75.9 Å². The number of hydrogen-bond donors (Lipinski definition) is 2. The molecule has 6 nitrogen and oxygen atoms in total. The Morgan fingerprint density at radius 2 is 1.52 bits per heavy atom. The number of benzene rings is 2. The first-order valence-electron chi connectivity index (χ1n) is 10.9. The molecule has 8 heteroatoms. The van der Waals surface area contributed by atoms with E-state index in [1.807, 2.05) is 6.07 Å². The minimum atomic E-state index is -0.315. The molecule has 0 radical (unpaired) electrons. The van der Waals surface area contributed by atoms with Crippen molar-refractivity contribution in [2.75, 3.05) is 5.32 Å². The Kier molecular flexibility index (Phi) is 5.83. The molecule has 0 aliphatic heterocycles. The third-order valence-electron chi connectivity index (χ3n) is 5.95. The van der Waals surface area contributed by atoms with E-state index in [0.717, 1.165) is 29.9 Å². The number of hydrogen-bond acceptors (Lipinski definition) is 5. The number of nitrogens with one attached hydrogen (secondary N) is 1. The molecule has 33 heavy (non-hydrogen) atoms. The highest BCUT2D eigenvalue weighted by molar-refractivity contribution is 5.65. The van der Waals surface area contributed by atoms with E-state index in [0.29, 0.717) is 30.2 Å². The van der Waals surface area contributed by atoms with Gasteiger partial charge in [-0.3, -0.25) is 0 Å². The van der Waals surface area contributed by atoms with E-state index in [9.17, 15) is 13.9 Å². The van der Waals surface area contributed by atoms with Crippen molar-refractivity contribution in [2.45, 2.75) is 37.8 Å². The highest BCUT2D eigenvalue weighted by Crippen LogP contribution is 2.37. The van der Waals surface area contributed by atoms with Gasteiger partial charge in [-0.2, -0.15) is 0 Å². The molecule has 1 aliphatic rings. The molecule has 2 N–H and O–H groups in total. The monoisotopic (exact) mass is 447 g/mol. The van der Waals surface area contributed by atoms with E-state index in [1.165, 1.54) is 24.3 Å². The predicted octanol–water partition coefficient (Wildman–Crippen LogP) is 5.50. The highest BCUT2D eigenvalue weighted by Gasteiger charge is 2.26. The van der Waals surface area contributed by atoms with E-state index < -0.39 is 0 Å². The molecule has 2 heterocycles. The molecule has 0 bridgehead atoms. The fourth-order valence-corrected chi connectivity index (χ4v) is 4.27. The number of nitrogens with zero attached hydrogens (tertiary/aromatic N) is 4. The van der Waals surface area contributed by atoms with Crippen LogP contribution in [0.15, 0.2) is 67.0 Å². The van der Waals surface area contributed by atoms with E-state index in [4.69, 9.17) is 0 Å². The average Bonchev–Trinajstić information content (AvgIpc) is 3.27. The molecule has 168 valence electrons. The quantitative estimate of drug-likeness (QED) is 0.422. The van der Waals surface area contributed by atoms with Crippen LogP contribution in [0.4, 0.5) is 20.4 Å². The van der Waals surface area contributed by atoms with Crippen LogP contribution in [-0.4, -0.2) is 30.7 Å². The lowest BCUT2D eigenvalue weighted by atomic mass is 9.92. The average molecular weight is 447 g/mol. The Morgan fingerprint density at radius 3 is 2.21 bits per heavy atom. The third-order valence-corrected chi connectivity index (χ3v) is 5.95. The SMILES string of the molecule is OC1CCC(n2c(-c3ccnc(Nc4ccc(F)cc4)n3)cnc2-c2ccc(F)cc2)CC1. The van der Waals surface area contributed by atoms with Gasteiger partial charge in [-0.05, 0) is 80.3 Å². The van der Waals surface area contributed by atoms with Crippen molar-refractivity contribution in [1.29, 1.82) is 0 Å². The van der Waals surface area contributed by atoms with Gasteiger partial charge in [0.2, 0.25) is 5.95 Å². The van der Waals surface area contributed by atoms with E-state index in [2.05, 4.69) is 24.8 Å². The van der Waals surface area contributed by atoms with Crippen LogP contribution in [0.3, 0.4) is 0 Å². The molecule has 1 saturated carbocycles. The molecule has 5 rings (SSSR count). The maximum atomic E-state index is 13.5. The number of aliphatic hydroxyl groups excluding tert-OH is 1. The molecular weight excluding hydrogens is 424 g/mol. The van der Waals surface area contributed by atoms with Crippen LogP contribution in [0, 0.1) is 11.6 Å². The summed E-state index contributed by atoms with van der Waals surface area (Å²) in [4.78, 5) is 13.6. The first-order chi connectivity index (χ1) is 16.1. The van der Waals surface area contributed by atoms with Crippen molar-refractivity contribution < 1.29 is 13.9 Å². The molecule has 0 saturated heterocycles. The summed E-state index contributed by atoms with van der Waals surface area (Å²) in [6.07, 6.45) is 6.20. The number of aliphatic hydroxyl groups is 1. The summed E-state index contributed by atoms with van der Waals surface area (Å²) < 4.78 is 28.9. The number of imidazole rings is 1. The van der Waals surface area contributed by atoms with E-state index >= 15 is 0 Å². The van der Waals surface area contributed by atoms with Gasteiger partial charge in [0, 0.05) is 23.5 Å². The van der Waals surface area contributed by atoms with Crippen LogP contribution in [0.5, 0.6) is 0 Å². The first kappa shape index (κ1) is 21.2. The summed E-state index contributed by atoms with van der Waals surface area (Å²) in [7, 11) is 0. The fraction of sp³-hybridized carbons (Fsp3) is 0.240. The molecule has 1 aliphatic carbocycles. The molecule has 0 unspecified atom stereocenters. The van der Waals surface area contributed by atoms with Crippen molar-refractivity contribution in [3.8, 4) is 22.8 Å². The third kappa shape index (κ3) is 4.61. The number of aromatic nitrogens is 4. The molecule has 0 spiro atoms. The summed E-state index contributed by atoms with van der Waals surface area (Å²) >= 11 is 0. The first-order valence-corrected chi connectivity index (χ1v) is 10.9. The van der Waals surface area contributed by atoms with Gasteiger partial charge >= 0.3 is 0 Å². The molecule has 2 aromatic heterocycles. The Hall–Kier alpha value is -3.65. The zero-order chi connectivity index (χ0) is 22.8. The van der Waals surface area contributed by atoms with Gasteiger partial charge in [0.25, 0.3) is 0 Å². The molecule has 0 atom stereocenters. The summed E-state index contributed by atoms with van der Waals surface area (Å²) in [5, 5.41) is 13.1. The van der Waals surface area contributed by atoms with Gasteiger partial charge in [-0.25, -0.2) is 23.7 Å². The maximum absolute atomic E-state index is 13.5. The minimum Gasteiger partial charge on any atom is -0.393 e. The Labute approximate surface area is 190 Å². The van der Waals surface area contributed by atoms with Crippen molar-refractivity contribution in [2.24, 2.45) is 0 Å². The summed E-state index contributed by atoms with van der Waals surface area (Å²) in [6.45, 7) is 0. The lowest BCUT2D eigenvalue weighted by Gasteiger charge is -2.29. The van der Waals surface area contributed by atoms with Crippen molar-refractivity contribution in [3.63, 3.8) is 0 Å². The standard InChI is InChI=1S/C25H23F2N5O/c26-17-3-1-16(2-4-17)24-29-15-23(32(24)20-9-11-21(33)12-10-20)22-13-14-28-25(31-22)30-19-7-5-18(27)6-8-19/h1-8,13-15,20-21,33H,9-12H2,(H,28,30,31). The Bertz CT molecular complexity index is 1230. The second kappa shape index (κ2) is 9.07. The van der Waals surface area contributed by atoms with Crippen LogP contribution in [0.2, 0.25) is 0 Å². The minimum absolute atomic E-state index is 0.134. The maximum Gasteiger partial charge on any atom is 0.227 e. The van der Waals surface area contributed by atoms with Gasteiger partial charge in [0.05, 0.1) is 23.7 Å². The van der Waals surface area contributed by atoms with Crippen molar-refractivity contribution >= 4 is 11.6 Å². The van der Waals surface area contributed by atoms with E-state index in [1.54, 1.807) is 36.7 Å². The Balaban J connectivity index is 1.53. The van der Waals surface area contributed by atoms with Gasteiger partial charge in [0.15, 0.2) is 0 Å². The number of anilines is 2. The fourth-order valence-electron chi connectivity index (χ4n) is 4.27. The summed E-state index contributed by atoms with van der Waals surface area (Å²) in [5.74, 6) is 0.502. The van der Waals surface area contributed by atoms with Gasteiger partial charge < -0.3 is 15.0 Å². The molecule has 4 aromatic rings. The zero-order valence-corrected chi connectivity index (χ0v) is 17.8. The number of halogens is 2. The Morgan fingerprint density at radius 1 is 0.848 bits per heavy atom. The second-order valence-corrected chi connectivity index (χ2v) is 8.20. The number of rotatable bonds is 5. The second-order valence-electron chi connectivity index (χ2n) is 8.20. The van der Waals surface area contributed by atoms with Crippen LogP contribution >= 0.6 is 0 Å². The normalized spacial score (nSPS) is 18.3. The lowest BCUT2D eigenvalue weighted by Crippen LogP contribution is -2.22. The van der Waals surface area contributed by atoms with Crippen LogP contribution in [0.1, 0.15) is 31.7 Å². The zero-order valence-electron chi connectivity index (χ0n) is 17.8. The largest absolute Gasteiger partial charge is 0.393 e. The molecular formula is C25H23F2N5O. The van der Waals surface area contributed by atoms with E-state index in [-0.39, 0.29) is 23.8 Å². The van der Waals surface area contributed by atoms with Gasteiger partial charge in [0.1, 0.15) is 17.5 Å². The van der Waals surface area contributed by atoms with Crippen molar-refractivity contribution in [1.82, 2.24) is 19.5 Å². The summed E-state index contributed by atoms with van der Waals surface area (Å²) in [5.41, 5.74) is 2.99. The van der Waals surface area contributed by atoms with Gasteiger partial charge in [-0.1, -0.05) is 0 Å². The predicted molar refractivity (Wildman–Crippen MR) is 122 cm³/mol. The lowest BCUT2D eigenvalue weighted by molar-refractivity contribution is 0.111. The van der Waals surface area contributed by atoms with Crippen LogP contribution in [0.25, 0.3) is 22.8 Å². The molecule has 2 aromatic carbocycles. The van der Waals surface area contributed by atoms with Crippen LogP contribution in [-0.2, 0) is 0 Å². The smallest absolute Gasteiger partial charge is 0.227 e. The highest BCUT2D eigenvalue weighted by atomic mass is 19.1. The van der Waals surface area contributed by atoms with Crippen LogP contribution < -0.4 is 5.32 Å². The molecule has 1 fully saturated rings. The van der Waals surface area contributed by atoms with Crippen molar-refractivity contribution in [3.05, 3.63) is 78.6 Å². The summed E-state index contributed by atoms with van der Waals surface area (Å²) in [6, 6.07) is 14.2. The van der Waals surface area contributed by atoms with Gasteiger partial charge in [-0.15, -0.1) is 0 Å².